The van der Waals surface area contributed by atoms with E-state index < -0.39 is 10.0 Å². The van der Waals surface area contributed by atoms with Crippen LogP contribution in [-0.2, 0) is 23.6 Å². The second-order valence-electron chi connectivity index (χ2n) is 4.93. The van der Waals surface area contributed by atoms with E-state index in [1.807, 2.05) is 34.9 Å². The molecule has 1 aromatic carbocycles. The molecule has 1 heterocycles. The minimum Gasteiger partial charge on any atom is -1.00 e. The zero-order valence-electron chi connectivity index (χ0n) is 13.0. The summed E-state index contributed by atoms with van der Waals surface area (Å²) in [6.45, 7) is 0.562. The predicted octanol–water partition coefficient (Wildman–Crippen LogP) is -2.06. The van der Waals surface area contributed by atoms with E-state index in [1.54, 1.807) is 12.1 Å². The van der Waals surface area contributed by atoms with Gasteiger partial charge in [0.2, 0.25) is 6.33 Å². The van der Waals surface area contributed by atoms with E-state index in [9.17, 15) is 13.6 Å². The number of aromatic nitrogens is 2. The molecule has 0 atom stereocenters. The Kier molecular flexibility index (Phi) is 6.86. The zero-order valence-corrected chi connectivity index (χ0v) is 14.5. The largest absolute Gasteiger partial charge is 1.00 e. The van der Waals surface area contributed by atoms with E-state index in [2.05, 4.69) is 0 Å². The number of nitrogens with zero attached hydrogens (tertiary/aromatic N) is 3. The van der Waals surface area contributed by atoms with Gasteiger partial charge < -0.3 is 17.1 Å². The maximum absolute atomic E-state index is 12.1. The molecule has 0 aliphatic carbocycles. The second-order valence-corrected chi connectivity index (χ2v) is 6.85. The molecule has 0 aliphatic heterocycles. The van der Waals surface area contributed by atoms with E-state index in [-0.39, 0.29) is 23.8 Å². The summed E-state index contributed by atoms with van der Waals surface area (Å²) in [5.74, 6) is 0.328. The van der Waals surface area contributed by atoms with E-state index in [1.165, 1.54) is 19.2 Å². The Hall–Kier alpha value is -1.77. The van der Waals surface area contributed by atoms with Crippen molar-refractivity contribution in [3.05, 3.63) is 43.0 Å². The Morgan fingerprint density at radius 1 is 1.39 bits per heavy atom. The molecule has 0 fully saturated rings. The number of hydrogen-bond acceptors (Lipinski definition) is 4. The van der Waals surface area contributed by atoms with E-state index >= 15 is 0 Å². The van der Waals surface area contributed by atoms with Crippen LogP contribution < -0.4 is 26.2 Å². The topological polar surface area (TPSA) is 75.7 Å². The number of ether oxygens (including phenoxy) is 1. The Balaban J connectivity index is 0.00000264. The van der Waals surface area contributed by atoms with Crippen molar-refractivity contribution in [1.29, 1.82) is 0 Å². The van der Waals surface area contributed by atoms with Gasteiger partial charge in [0, 0.05) is 12.5 Å². The van der Waals surface area contributed by atoms with Crippen molar-refractivity contribution in [2.24, 2.45) is 7.05 Å². The SMILES string of the molecule is COc1cccc(N(O)S(=O)(=O)CCCn2cc[n+](C)c2)c1.[Cl-]. The summed E-state index contributed by atoms with van der Waals surface area (Å²) in [5, 5.41) is 9.95. The lowest BCUT2D eigenvalue weighted by atomic mass is 10.3. The van der Waals surface area contributed by atoms with Crippen LogP contribution in [0, 0.1) is 0 Å². The summed E-state index contributed by atoms with van der Waals surface area (Å²) in [6, 6.07) is 6.26. The Morgan fingerprint density at radius 3 is 2.74 bits per heavy atom. The normalized spacial score (nSPS) is 10.9. The van der Waals surface area contributed by atoms with Crippen LogP contribution in [-0.4, -0.2) is 31.1 Å². The molecule has 0 spiro atoms. The molecule has 23 heavy (non-hydrogen) atoms. The second kappa shape index (κ2) is 8.19. The molecule has 0 radical (unpaired) electrons. The monoisotopic (exact) mass is 361 g/mol. The number of aryl methyl sites for hydroxylation is 2. The fraction of sp³-hybridized carbons (Fsp3) is 0.357. The highest BCUT2D eigenvalue weighted by Gasteiger charge is 2.21. The number of imidazole rings is 1. The molecule has 9 heteroatoms. The van der Waals surface area contributed by atoms with E-state index in [0.717, 1.165) is 0 Å². The molecule has 2 aromatic rings. The molecule has 128 valence electrons. The Bertz CT molecular complexity index is 733. The van der Waals surface area contributed by atoms with Crippen molar-refractivity contribution in [1.82, 2.24) is 4.57 Å². The highest BCUT2D eigenvalue weighted by molar-refractivity contribution is 7.92. The first-order chi connectivity index (χ1) is 10.4. The number of sulfonamides is 1. The van der Waals surface area contributed by atoms with Crippen LogP contribution in [0.25, 0.3) is 0 Å². The number of rotatable bonds is 7. The predicted molar refractivity (Wildman–Crippen MR) is 81.3 cm³/mol. The third-order valence-corrected chi connectivity index (χ3v) is 4.72. The molecular formula is C14H20ClN3O4S. The van der Waals surface area contributed by atoms with Crippen LogP contribution in [0.1, 0.15) is 6.42 Å². The first-order valence-corrected chi connectivity index (χ1v) is 8.40. The van der Waals surface area contributed by atoms with Gasteiger partial charge in [0.1, 0.15) is 18.1 Å². The van der Waals surface area contributed by atoms with Gasteiger partial charge in [-0.1, -0.05) is 6.07 Å². The summed E-state index contributed by atoms with van der Waals surface area (Å²) in [6.07, 6.45) is 6.01. The molecule has 1 N–H and O–H groups in total. The molecule has 0 amide bonds. The molecule has 0 saturated heterocycles. The smallest absolute Gasteiger partial charge is 0.257 e. The van der Waals surface area contributed by atoms with Gasteiger partial charge in [-0.25, -0.2) is 17.6 Å². The van der Waals surface area contributed by atoms with Gasteiger partial charge in [-0.3, -0.25) is 5.21 Å². The van der Waals surface area contributed by atoms with Crippen molar-refractivity contribution in [2.45, 2.75) is 13.0 Å². The molecule has 0 unspecified atom stereocenters. The average Bonchev–Trinajstić information content (AvgIpc) is 2.91. The molecule has 2 rings (SSSR count). The van der Waals surface area contributed by atoms with Crippen LogP contribution in [0.5, 0.6) is 5.75 Å². The number of benzene rings is 1. The zero-order chi connectivity index (χ0) is 16.2. The van der Waals surface area contributed by atoms with Gasteiger partial charge in [-0.2, -0.15) is 0 Å². The average molecular weight is 362 g/mol. The van der Waals surface area contributed by atoms with Crippen LogP contribution >= 0.6 is 0 Å². The van der Waals surface area contributed by atoms with Crippen molar-refractivity contribution >= 4 is 15.7 Å². The van der Waals surface area contributed by atoms with Crippen LogP contribution in [0.3, 0.4) is 0 Å². The maximum atomic E-state index is 12.1. The van der Waals surface area contributed by atoms with Crippen LogP contribution in [0.2, 0.25) is 0 Å². The lowest BCUT2D eigenvalue weighted by Crippen LogP contribution is -3.00. The summed E-state index contributed by atoms with van der Waals surface area (Å²) < 4.78 is 33.4. The van der Waals surface area contributed by atoms with Crippen LogP contribution in [0.4, 0.5) is 5.69 Å². The minimum absolute atomic E-state index is 0. The van der Waals surface area contributed by atoms with Crippen molar-refractivity contribution < 1.29 is 35.3 Å². The van der Waals surface area contributed by atoms with Gasteiger partial charge in [-0.05, 0) is 12.1 Å². The number of halogens is 1. The quantitative estimate of drug-likeness (QED) is 0.454. The Labute approximate surface area is 142 Å². The molecular weight excluding hydrogens is 342 g/mol. The summed E-state index contributed by atoms with van der Waals surface area (Å²) in [7, 11) is -0.416. The van der Waals surface area contributed by atoms with E-state index in [0.29, 0.717) is 23.2 Å². The van der Waals surface area contributed by atoms with Gasteiger partial charge >= 0.3 is 0 Å². The maximum Gasteiger partial charge on any atom is 0.257 e. The van der Waals surface area contributed by atoms with Crippen LogP contribution in [0.15, 0.2) is 43.0 Å². The van der Waals surface area contributed by atoms with Gasteiger partial charge in [0.05, 0.1) is 32.1 Å². The van der Waals surface area contributed by atoms with Crippen molar-refractivity contribution in [2.75, 3.05) is 17.3 Å². The van der Waals surface area contributed by atoms with Gasteiger partial charge in [0.15, 0.2) is 0 Å². The fourth-order valence-corrected chi connectivity index (χ4v) is 3.14. The molecule has 1 aromatic heterocycles. The van der Waals surface area contributed by atoms with E-state index in [4.69, 9.17) is 4.74 Å². The Morgan fingerprint density at radius 2 is 2.13 bits per heavy atom. The summed E-state index contributed by atoms with van der Waals surface area (Å²) in [4.78, 5) is 0. The summed E-state index contributed by atoms with van der Waals surface area (Å²) in [5.41, 5.74) is 0.159. The molecule has 7 nitrogen and oxygen atoms in total. The molecule has 0 aliphatic rings. The lowest BCUT2D eigenvalue weighted by molar-refractivity contribution is -0.671. The first kappa shape index (κ1) is 19.3. The fourth-order valence-electron chi connectivity index (χ4n) is 2.04. The van der Waals surface area contributed by atoms with Gasteiger partial charge in [-0.15, -0.1) is 4.47 Å². The standard InChI is InChI=1S/C14H20N3O4S.ClH/c1-15-8-9-16(12-15)7-4-10-22(19,20)17(18)13-5-3-6-14(11-13)21-2;/h3,5-6,8-9,11-12,18H,4,7,10H2,1-2H3;1H/q+1;/p-1. The number of anilines is 1. The first-order valence-electron chi connectivity index (χ1n) is 6.79. The highest BCUT2D eigenvalue weighted by Crippen LogP contribution is 2.22. The molecule has 0 bridgehead atoms. The lowest BCUT2D eigenvalue weighted by Gasteiger charge is -2.17. The highest BCUT2D eigenvalue weighted by atomic mass is 35.5. The number of methoxy groups -OCH3 is 1. The third-order valence-electron chi connectivity index (χ3n) is 3.18. The minimum atomic E-state index is -3.79. The molecule has 0 saturated carbocycles. The van der Waals surface area contributed by atoms with Crippen molar-refractivity contribution in [3.63, 3.8) is 0 Å². The summed E-state index contributed by atoms with van der Waals surface area (Å²) >= 11 is 0. The third kappa shape index (κ3) is 5.12. The van der Waals surface area contributed by atoms with Gasteiger partial charge in [0.25, 0.3) is 10.0 Å². The number of hydrogen-bond donors (Lipinski definition) is 1. The van der Waals surface area contributed by atoms with Crippen molar-refractivity contribution in [3.8, 4) is 5.75 Å².